The highest BCUT2D eigenvalue weighted by Gasteiger charge is 2.44. The standard InChI is InChI=1S/C11H24O7/c1-6(12)10(13,14)8(3)18-9(4)11(15,16)7(2)17-5/h6-9,12-16H,1-5H3. The maximum atomic E-state index is 9.78. The molecule has 4 atom stereocenters. The molecule has 0 saturated heterocycles. The van der Waals surface area contributed by atoms with E-state index >= 15 is 0 Å². The zero-order chi connectivity index (χ0) is 14.7. The highest BCUT2D eigenvalue weighted by atomic mass is 16.6. The van der Waals surface area contributed by atoms with Crippen LogP contribution in [0.3, 0.4) is 0 Å². The van der Waals surface area contributed by atoms with E-state index in [0.29, 0.717) is 0 Å². The Morgan fingerprint density at radius 2 is 1.17 bits per heavy atom. The predicted octanol–water partition coefficient (Wildman–Crippen LogP) is -1.44. The molecule has 0 saturated carbocycles. The largest absolute Gasteiger partial charge is 0.388 e. The lowest BCUT2D eigenvalue weighted by molar-refractivity contribution is -0.328. The summed E-state index contributed by atoms with van der Waals surface area (Å²) in [5.41, 5.74) is 0. The lowest BCUT2D eigenvalue weighted by Crippen LogP contribution is -2.57. The Balaban J connectivity index is 4.71. The van der Waals surface area contributed by atoms with Crippen LogP contribution in [-0.4, -0.2) is 68.6 Å². The molecule has 0 aromatic heterocycles. The predicted molar refractivity (Wildman–Crippen MR) is 62.5 cm³/mol. The van der Waals surface area contributed by atoms with E-state index in [0.717, 1.165) is 0 Å². The zero-order valence-electron chi connectivity index (χ0n) is 11.4. The van der Waals surface area contributed by atoms with E-state index in [2.05, 4.69) is 0 Å². The van der Waals surface area contributed by atoms with Gasteiger partial charge in [0.2, 0.25) is 11.6 Å². The van der Waals surface area contributed by atoms with Gasteiger partial charge in [-0.2, -0.15) is 0 Å². The molecule has 0 spiro atoms. The molecule has 0 bridgehead atoms. The molecule has 0 amide bonds. The number of hydrogen-bond acceptors (Lipinski definition) is 7. The van der Waals surface area contributed by atoms with Crippen LogP contribution in [0.25, 0.3) is 0 Å². The van der Waals surface area contributed by atoms with Gasteiger partial charge in [0.25, 0.3) is 0 Å². The van der Waals surface area contributed by atoms with Crippen LogP contribution in [0.15, 0.2) is 0 Å². The molecule has 0 radical (unpaired) electrons. The number of aliphatic hydroxyl groups is 5. The van der Waals surface area contributed by atoms with Crippen LogP contribution in [0.2, 0.25) is 0 Å². The third kappa shape index (κ3) is 3.86. The van der Waals surface area contributed by atoms with Gasteiger partial charge in [0, 0.05) is 7.11 Å². The fraction of sp³-hybridized carbons (Fsp3) is 1.00. The Labute approximate surface area is 107 Å². The van der Waals surface area contributed by atoms with Gasteiger partial charge < -0.3 is 35.0 Å². The first kappa shape index (κ1) is 17.7. The Bertz CT molecular complexity index is 252. The van der Waals surface area contributed by atoms with Crippen molar-refractivity contribution in [1.82, 2.24) is 0 Å². The molecule has 110 valence electrons. The highest BCUT2D eigenvalue weighted by Crippen LogP contribution is 2.23. The maximum Gasteiger partial charge on any atom is 0.216 e. The van der Waals surface area contributed by atoms with Gasteiger partial charge >= 0.3 is 0 Å². The second kappa shape index (κ2) is 6.25. The molecule has 0 aromatic rings. The van der Waals surface area contributed by atoms with Crippen molar-refractivity contribution >= 4 is 0 Å². The summed E-state index contributed by atoms with van der Waals surface area (Å²) in [6.07, 6.45) is -4.76. The van der Waals surface area contributed by atoms with Gasteiger partial charge in [-0.3, -0.25) is 0 Å². The fourth-order valence-electron chi connectivity index (χ4n) is 1.35. The van der Waals surface area contributed by atoms with E-state index in [1.165, 1.54) is 34.8 Å². The molecule has 0 rings (SSSR count). The average molecular weight is 268 g/mol. The first-order valence-corrected chi connectivity index (χ1v) is 5.73. The van der Waals surface area contributed by atoms with Gasteiger partial charge in [0.05, 0.1) is 0 Å². The van der Waals surface area contributed by atoms with Crippen molar-refractivity contribution in [3.05, 3.63) is 0 Å². The molecular weight excluding hydrogens is 244 g/mol. The smallest absolute Gasteiger partial charge is 0.216 e. The van der Waals surface area contributed by atoms with Crippen LogP contribution in [0.1, 0.15) is 27.7 Å². The van der Waals surface area contributed by atoms with E-state index in [-0.39, 0.29) is 0 Å². The molecule has 0 aliphatic carbocycles. The SMILES string of the molecule is COC(C)C(O)(O)C(C)OC(C)C(O)(O)C(C)O. The summed E-state index contributed by atoms with van der Waals surface area (Å²) in [5.74, 6) is -4.78. The van der Waals surface area contributed by atoms with Crippen molar-refractivity contribution in [3.8, 4) is 0 Å². The van der Waals surface area contributed by atoms with Gasteiger partial charge in [0.1, 0.15) is 24.4 Å². The van der Waals surface area contributed by atoms with E-state index in [4.69, 9.17) is 9.47 Å². The lowest BCUT2D eigenvalue weighted by atomic mass is 10.0. The number of rotatable bonds is 7. The topological polar surface area (TPSA) is 120 Å². The minimum Gasteiger partial charge on any atom is -0.388 e. The second-order valence-electron chi connectivity index (χ2n) is 4.54. The molecule has 0 aromatic carbocycles. The van der Waals surface area contributed by atoms with Crippen LogP contribution in [0.4, 0.5) is 0 Å². The summed E-state index contributed by atoms with van der Waals surface area (Å²) >= 11 is 0. The second-order valence-corrected chi connectivity index (χ2v) is 4.54. The summed E-state index contributed by atoms with van der Waals surface area (Å²) in [4.78, 5) is 0. The van der Waals surface area contributed by atoms with Crippen LogP contribution in [0, 0.1) is 0 Å². The van der Waals surface area contributed by atoms with Crippen molar-refractivity contribution in [2.45, 2.75) is 63.7 Å². The van der Waals surface area contributed by atoms with Crippen LogP contribution in [0.5, 0.6) is 0 Å². The van der Waals surface area contributed by atoms with Gasteiger partial charge in [-0.05, 0) is 27.7 Å². The van der Waals surface area contributed by atoms with E-state index < -0.39 is 36.0 Å². The highest BCUT2D eigenvalue weighted by molar-refractivity contribution is 4.84. The Morgan fingerprint density at radius 1 is 0.778 bits per heavy atom. The van der Waals surface area contributed by atoms with E-state index in [9.17, 15) is 25.5 Å². The van der Waals surface area contributed by atoms with Crippen LogP contribution < -0.4 is 0 Å². The summed E-state index contributed by atoms with van der Waals surface area (Å²) in [6.45, 7) is 5.28. The summed E-state index contributed by atoms with van der Waals surface area (Å²) in [5, 5.41) is 47.9. The number of methoxy groups -OCH3 is 1. The molecule has 18 heavy (non-hydrogen) atoms. The summed E-state index contributed by atoms with van der Waals surface area (Å²) in [6, 6.07) is 0. The quantitative estimate of drug-likeness (QED) is 0.359. The molecule has 7 heteroatoms. The average Bonchev–Trinajstić information content (AvgIpc) is 2.26. The number of aliphatic hydroxyl groups excluding tert-OH is 1. The maximum absolute atomic E-state index is 9.78. The van der Waals surface area contributed by atoms with E-state index in [1.807, 2.05) is 0 Å². The monoisotopic (exact) mass is 268 g/mol. The molecular formula is C11H24O7. The normalized spacial score (nSPS) is 20.3. The molecule has 0 aliphatic rings. The number of ether oxygens (including phenoxy) is 2. The first-order valence-electron chi connectivity index (χ1n) is 5.73. The van der Waals surface area contributed by atoms with E-state index in [1.54, 1.807) is 0 Å². The van der Waals surface area contributed by atoms with Crippen molar-refractivity contribution in [2.24, 2.45) is 0 Å². The minimum absolute atomic E-state index is 0.932. The van der Waals surface area contributed by atoms with Crippen LogP contribution in [-0.2, 0) is 9.47 Å². The minimum atomic E-state index is -2.49. The molecule has 5 N–H and O–H groups in total. The Hall–Kier alpha value is -0.280. The van der Waals surface area contributed by atoms with Gasteiger partial charge in [-0.15, -0.1) is 0 Å². The number of hydrogen-bond donors (Lipinski definition) is 5. The zero-order valence-corrected chi connectivity index (χ0v) is 11.4. The van der Waals surface area contributed by atoms with Gasteiger partial charge in [0.15, 0.2) is 0 Å². The third-order valence-corrected chi connectivity index (χ3v) is 3.17. The molecule has 4 unspecified atom stereocenters. The van der Waals surface area contributed by atoms with Gasteiger partial charge in [-0.1, -0.05) is 0 Å². The van der Waals surface area contributed by atoms with Crippen molar-refractivity contribution in [3.63, 3.8) is 0 Å². The van der Waals surface area contributed by atoms with Gasteiger partial charge in [-0.25, -0.2) is 0 Å². The van der Waals surface area contributed by atoms with Crippen LogP contribution >= 0.6 is 0 Å². The molecule has 0 fully saturated rings. The molecule has 0 heterocycles. The first-order chi connectivity index (χ1) is 7.97. The van der Waals surface area contributed by atoms with Crippen molar-refractivity contribution in [2.75, 3.05) is 7.11 Å². The van der Waals surface area contributed by atoms with Crippen molar-refractivity contribution < 1.29 is 35.0 Å². The summed E-state index contributed by atoms with van der Waals surface area (Å²) in [7, 11) is 1.31. The Morgan fingerprint density at radius 3 is 1.50 bits per heavy atom. The lowest BCUT2D eigenvalue weighted by Gasteiger charge is -2.38. The molecule has 0 aliphatic heterocycles. The Kier molecular flexibility index (Phi) is 6.15. The molecule has 7 nitrogen and oxygen atoms in total. The summed E-state index contributed by atoms with van der Waals surface area (Å²) < 4.78 is 9.92. The van der Waals surface area contributed by atoms with Crippen molar-refractivity contribution in [1.29, 1.82) is 0 Å². The fourth-order valence-corrected chi connectivity index (χ4v) is 1.35. The third-order valence-electron chi connectivity index (χ3n) is 3.17.